The molecular weight excluding hydrogens is 294 g/mol. The predicted molar refractivity (Wildman–Crippen MR) is 101 cm³/mol. The molecule has 0 radical (unpaired) electrons. The van der Waals surface area contributed by atoms with Crippen LogP contribution in [0.4, 0.5) is 0 Å². The second-order valence-electron chi connectivity index (χ2n) is 7.10. The minimum absolute atomic E-state index is 0.756. The molecule has 0 spiro atoms. The lowest BCUT2D eigenvalue weighted by molar-refractivity contribution is 0.208. The molecule has 6 unspecified atom stereocenters. The van der Waals surface area contributed by atoms with Gasteiger partial charge in [0.2, 0.25) is 0 Å². The van der Waals surface area contributed by atoms with Crippen LogP contribution in [0.15, 0.2) is 0 Å². The third kappa shape index (κ3) is 5.07. The molecule has 1 saturated carbocycles. The van der Waals surface area contributed by atoms with Gasteiger partial charge in [-0.25, -0.2) is 0 Å². The van der Waals surface area contributed by atoms with Crippen LogP contribution in [0.5, 0.6) is 0 Å². The van der Waals surface area contributed by atoms with E-state index in [0.29, 0.717) is 0 Å². The van der Waals surface area contributed by atoms with Crippen molar-refractivity contribution < 1.29 is 0 Å². The molecule has 21 heavy (non-hydrogen) atoms. The van der Waals surface area contributed by atoms with E-state index in [4.69, 9.17) is 0 Å². The molecule has 124 valence electrons. The maximum atomic E-state index is 3.95. The lowest BCUT2D eigenvalue weighted by Crippen LogP contribution is -2.49. The van der Waals surface area contributed by atoms with Crippen molar-refractivity contribution in [2.24, 2.45) is 11.8 Å². The molecule has 0 aromatic carbocycles. The maximum absolute atomic E-state index is 3.95. The molecule has 0 bridgehead atoms. The molecule has 0 aromatic rings. The quantitative estimate of drug-likeness (QED) is 0.719. The Balaban J connectivity index is 1.99. The SMILES string of the molecule is CCCNC(C1CCCC(CC)C1)C1CSC(C)C(C)S1. The summed E-state index contributed by atoms with van der Waals surface area (Å²) in [6, 6.07) is 0.756. The van der Waals surface area contributed by atoms with Gasteiger partial charge in [0.25, 0.3) is 0 Å². The molecule has 2 rings (SSSR count). The molecule has 1 N–H and O–H groups in total. The Hall–Kier alpha value is 0.660. The van der Waals surface area contributed by atoms with Gasteiger partial charge in [0, 0.05) is 27.5 Å². The lowest BCUT2D eigenvalue weighted by Gasteiger charge is -2.42. The molecule has 1 aliphatic heterocycles. The molecule has 3 heteroatoms. The Morgan fingerprint density at radius 1 is 1.14 bits per heavy atom. The molecule has 1 saturated heterocycles. The van der Waals surface area contributed by atoms with Crippen molar-refractivity contribution in [3.8, 4) is 0 Å². The van der Waals surface area contributed by atoms with Crippen LogP contribution in [0.25, 0.3) is 0 Å². The van der Waals surface area contributed by atoms with E-state index in [1.165, 1.54) is 50.8 Å². The van der Waals surface area contributed by atoms with Gasteiger partial charge >= 0.3 is 0 Å². The average Bonchev–Trinajstić information content (AvgIpc) is 2.51. The number of nitrogens with one attached hydrogen (secondary N) is 1. The van der Waals surface area contributed by atoms with E-state index < -0.39 is 0 Å². The third-order valence-electron chi connectivity index (χ3n) is 5.51. The summed E-state index contributed by atoms with van der Waals surface area (Å²) in [5, 5.41) is 6.42. The normalized spacial score (nSPS) is 39.1. The zero-order chi connectivity index (χ0) is 15.2. The summed E-state index contributed by atoms with van der Waals surface area (Å²) >= 11 is 4.48. The highest BCUT2D eigenvalue weighted by molar-refractivity contribution is 8.07. The van der Waals surface area contributed by atoms with Crippen molar-refractivity contribution in [1.82, 2.24) is 5.32 Å². The Bertz CT molecular complexity index is 291. The lowest BCUT2D eigenvalue weighted by atomic mass is 9.76. The zero-order valence-electron chi connectivity index (χ0n) is 14.4. The maximum Gasteiger partial charge on any atom is 0.0297 e. The summed E-state index contributed by atoms with van der Waals surface area (Å²) in [6.07, 6.45) is 8.53. The van der Waals surface area contributed by atoms with Gasteiger partial charge in [-0.05, 0) is 37.6 Å². The number of rotatable bonds is 6. The summed E-state index contributed by atoms with van der Waals surface area (Å²) in [5.41, 5.74) is 0. The van der Waals surface area contributed by atoms with E-state index >= 15 is 0 Å². The van der Waals surface area contributed by atoms with Gasteiger partial charge in [-0.3, -0.25) is 0 Å². The third-order valence-corrected chi connectivity index (χ3v) is 9.03. The smallest absolute Gasteiger partial charge is 0.0297 e. The summed E-state index contributed by atoms with van der Waals surface area (Å²) < 4.78 is 0. The molecule has 2 aliphatic rings. The first-order chi connectivity index (χ1) is 10.2. The largest absolute Gasteiger partial charge is 0.313 e. The van der Waals surface area contributed by atoms with Gasteiger partial charge in [-0.15, -0.1) is 0 Å². The highest BCUT2D eigenvalue weighted by Gasteiger charge is 2.36. The Morgan fingerprint density at radius 2 is 1.95 bits per heavy atom. The predicted octanol–water partition coefficient (Wildman–Crippen LogP) is 5.20. The molecule has 2 fully saturated rings. The molecule has 0 aromatic heterocycles. The first kappa shape index (κ1) is 18.0. The minimum Gasteiger partial charge on any atom is -0.313 e. The van der Waals surface area contributed by atoms with E-state index in [2.05, 4.69) is 56.5 Å². The van der Waals surface area contributed by atoms with E-state index in [9.17, 15) is 0 Å². The van der Waals surface area contributed by atoms with E-state index in [1.807, 2.05) is 0 Å². The van der Waals surface area contributed by atoms with Gasteiger partial charge in [0.15, 0.2) is 0 Å². The summed E-state index contributed by atoms with van der Waals surface area (Å²) in [6.45, 7) is 10.7. The Kier molecular flexibility index (Phi) is 7.78. The first-order valence-electron chi connectivity index (χ1n) is 9.16. The van der Waals surface area contributed by atoms with Crippen LogP contribution in [0.3, 0.4) is 0 Å². The van der Waals surface area contributed by atoms with Crippen molar-refractivity contribution in [3.05, 3.63) is 0 Å². The Labute approximate surface area is 141 Å². The van der Waals surface area contributed by atoms with Crippen molar-refractivity contribution in [2.75, 3.05) is 12.3 Å². The Morgan fingerprint density at radius 3 is 2.62 bits per heavy atom. The van der Waals surface area contributed by atoms with Crippen molar-refractivity contribution >= 4 is 23.5 Å². The second-order valence-corrected chi connectivity index (χ2v) is 10.1. The highest BCUT2D eigenvalue weighted by atomic mass is 32.2. The minimum atomic E-state index is 0.756. The summed E-state index contributed by atoms with van der Waals surface area (Å²) in [7, 11) is 0. The van der Waals surface area contributed by atoms with E-state index in [0.717, 1.165) is 33.6 Å². The molecule has 0 amide bonds. The fourth-order valence-electron chi connectivity index (χ4n) is 3.94. The number of hydrogen-bond donors (Lipinski definition) is 1. The van der Waals surface area contributed by atoms with Crippen molar-refractivity contribution in [1.29, 1.82) is 0 Å². The van der Waals surface area contributed by atoms with Gasteiger partial charge < -0.3 is 5.32 Å². The van der Waals surface area contributed by atoms with Gasteiger partial charge in [-0.1, -0.05) is 47.0 Å². The fraction of sp³-hybridized carbons (Fsp3) is 1.00. The van der Waals surface area contributed by atoms with Crippen LogP contribution in [0.1, 0.15) is 66.2 Å². The molecule has 1 nitrogen and oxygen atoms in total. The first-order valence-corrected chi connectivity index (χ1v) is 11.1. The van der Waals surface area contributed by atoms with Gasteiger partial charge in [0.1, 0.15) is 0 Å². The van der Waals surface area contributed by atoms with Crippen LogP contribution in [-0.4, -0.2) is 34.1 Å². The number of thioether (sulfide) groups is 2. The number of hydrogen-bond acceptors (Lipinski definition) is 3. The van der Waals surface area contributed by atoms with Crippen LogP contribution in [-0.2, 0) is 0 Å². The summed E-state index contributed by atoms with van der Waals surface area (Å²) in [4.78, 5) is 0. The van der Waals surface area contributed by atoms with Crippen LogP contribution >= 0.6 is 23.5 Å². The highest BCUT2D eigenvalue weighted by Crippen LogP contribution is 2.42. The standard InChI is InChI=1S/C18H35NS2/c1-5-10-19-18(16-9-7-8-15(6-2)11-16)17-12-20-13(3)14(4)21-17/h13-19H,5-12H2,1-4H3. The van der Waals surface area contributed by atoms with E-state index in [1.54, 1.807) is 0 Å². The van der Waals surface area contributed by atoms with Crippen LogP contribution < -0.4 is 5.32 Å². The zero-order valence-corrected chi connectivity index (χ0v) is 16.1. The van der Waals surface area contributed by atoms with Gasteiger partial charge in [-0.2, -0.15) is 23.5 Å². The summed E-state index contributed by atoms with van der Waals surface area (Å²) in [5.74, 6) is 3.27. The van der Waals surface area contributed by atoms with Gasteiger partial charge in [0.05, 0.1) is 0 Å². The average molecular weight is 330 g/mol. The molecule has 6 atom stereocenters. The van der Waals surface area contributed by atoms with Crippen LogP contribution in [0, 0.1) is 11.8 Å². The molecule has 1 heterocycles. The second kappa shape index (κ2) is 9.08. The van der Waals surface area contributed by atoms with Crippen LogP contribution in [0.2, 0.25) is 0 Å². The van der Waals surface area contributed by atoms with Crippen molar-refractivity contribution in [3.63, 3.8) is 0 Å². The fourth-order valence-corrected chi connectivity index (χ4v) is 7.15. The van der Waals surface area contributed by atoms with E-state index in [-0.39, 0.29) is 0 Å². The topological polar surface area (TPSA) is 12.0 Å². The monoisotopic (exact) mass is 329 g/mol. The molecular formula is C18H35NS2. The molecule has 1 aliphatic carbocycles. The van der Waals surface area contributed by atoms with Crippen molar-refractivity contribution in [2.45, 2.75) is 88.0 Å².